The van der Waals surface area contributed by atoms with Gasteiger partial charge in [0.25, 0.3) is 0 Å². The lowest BCUT2D eigenvalue weighted by Crippen LogP contribution is -2.44. The Balaban J connectivity index is 1.73. The Morgan fingerprint density at radius 3 is 2.47 bits per heavy atom. The number of imide groups is 1. The number of fused-ring (bicyclic) bond motifs is 1. The number of rotatable bonds is 4. The fourth-order valence-electron chi connectivity index (χ4n) is 3.78. The molecule has 0 spiro atoms. The molecule has 0 bridgehead atoms. The van der Waals surface area contributed by atoms with E-state index in [-0.39, 0.29) is 24.1 Å². The van der Waals surface area contributed by atoms with E-state index < -0.39 is 23.5 Å². The number of nitrogens with zero attached hydrogens (tertiary/aromatic N) is 2. The number of aromatic nitrogens is 2. The van der Waals surface area contributed by atoms with E-state index >= 15 is 0 Å². The van der Waals surface area contributed by atoms with Gasteiger partial charge in [0.1, 0.15) is 11.6 Å². The Bertz CT molecular complexity index is 1130. The minimum atomic E-state index is -0.708. The maximum Gasteiger partial charge on any atom is 0.331 e. The first kappa shape index (κ1) is 20.1. The van der Waals surface area contributed by atoms with Crippen molar-refractivity contribution in [3.8, 4) is 0 Å². The molecule has 1 saturated carbocycles. The van der Waals surface area contributed by atoms with Crippen LogP contribution < -0.4 is 11.0 Å². The van der Waals surface area contributed by atoms with Crippen LogP contribution in [0.2, 0.25) is 0 Å². The van der Waals surface area contributed by atoms with Gasteiger partial charge in [-0.1, -0.05) is 6.07 Å². The topological polar surface area (TPSA) is 99.4 Å². The van der Waals surface area contributed by atoms with Crippen LogP contribution >= 0.6 is 0 Å². The van der Waals surface area contributed by atoms with E-state index in [2.05, 4.69) is 5.32 Å². The second-order valence-corrected chi connectivity index (χ2v) is 8.84. The first-order valence-corrected chi connectivity index (χ1v) is 10.2. The fraction of sp³-hybridized carbons (Fsp3) is 0.455. The summed E-state index contributed by atoms with van der Waals surface area (Å²) in [6.45, 7) is 5.41. The zero-order valence-electron chi connectivity index (χ0n) is 17.3. The van der Waals surface area contributed by atoms with Gasteiger partial charge in [-0.3, -0.25) is 24.0 Å². The highest BCUT2D eigenvalue weighted by Gasteiger charge is 2.35. The molecule has 1 atom stereocenters. The van der Waals surface area contributed by atoms with Crippen molar-refractivity contribution in [2.45, 2.75) is 64.1 Å². The smallest absolute Gasteiger partial charge is 0.331 e. The highest BCUT2D eigenvalue weighted by Crippen LogP contribution is 2.37. The number of hydrogen-bond donors (Lipinski definition) is 1. The molecule has 1 unspecified atom stereocenters. The number of imidazole rings is 1. The van der Waals surface area contributed by atoms with E-state index in [0.29, 0.717) is 11.9 Å². The van der Waals surface area contributed by atoms with Crippen LogP contribution in [0.4, 0.5) is 0 Å². The minimum Gasteiger partial charge on any atom is -0.457 e. The molecule has 2 fully saturated rings. The number of hydrogen-bond acceptors (Lipinski definition) is 5. The van der Waals surface area contributed by atoms with E-state index in [1.807, 2.05) is 6.07 Å². The molecule has 2 amide bonds. The van der Waals surface area contributed by atoms with Gasteiger partial charge >= 0.3 is 11.7 Å². The summed E-state index contributed by atoms with van der Waals surface area (Å²) in [6, 6.07) is 4.83. The van der Waals surface area contributed by atoms with Crippen molar-refractivity contribution in [2.24, 2.45) is 0 Å². The number of ether oxygens (including phenoxy) is 1. The molecule has 1 aromatic heterocycles. The average Bonchev–Trinajstić information content (AvgIpc) is 3.43. The van der Waals surface area contributed by atoms with Crippen LogP contribution in [0, 0.1) is 0 Å². The van der Waals surface area contributed by atoms with Crippen LogP contribution in [-0.2, 0) is 19.1 Å². The summed E-state index contributed by atoms with van der Waals surface area (Å²) < 4.78 is 8.51. The molecular weight excluding hydrogens is 386 g/mol. The molecule has 1 aliphatic carbocycles. The van der Waals surface area contributed by atoms with Gasteiger partial charge < -0.3 is 4.74 Å². The van der Waals surface area contributed by atoms with Crippen molar-refractivity contribution in [2.75, 3.05) is 0 Å². The number of carbonyl (C=O) groups excluding carboxylic acids is 3. The van der Waals surface area contributed by atoms with Crippen LogP contribution in [0.1, 0.15) is 64.1 Å². The zero-order chi connectivity index (χ0) is 21.6. The largest absolute Gasteiger partial charge is 0.457 e. The summed E-state index contributed by atoms with van der Waals surface area (Å²) in [5.41, 5.74) is 1.31. The molecule has 4 rings (SSSR count). The normalized spacial score (nSPS) is 20.0. The Kier molecular flexibility index (Phi) is 4.88. The van der Waals surface area contributed by atoms with Gasteiger partial charge in [-0.2, -0.15) is 0 Å². The molecule has 1 aliphatic heterocycles. The van der Waals surface area contributed by atoms with Crippen LogP contribution in [0.15, 0.2) is 29.1 Å². The zero-order valence-corrected chi connectivity index (χ0v) is 17.3. The maximum atomic E-state index is 13.2. The number of amides is 2. The van der Waals surface area contributed by atoms with Crippen molar-refractivity contribution < 1.29 is 19.1 Å². The van der Waals surface area contributed by atoms with Gasteiger partial charge in [0.2, 0.25) is 11.8 Å². The molecule has 2 heterocycles. The molecule has 1 N–H and O–H groups in total. The number of carbonyl (C=O) groups is 3. The lowest BCUT2D eigenvalue weighted by molar-refractivity contribution is -0.148. The van der Waals surface area contributed by atoms with Crippen molar-refractivity contribution >= 4 is 34.9 Å². The molecular formula is C22H25N3O5. The highest BCUT2D eigenvalue weighted by atomic mass is 16.6. The molecule has 30 heavy (non-hydrogen) atoms. The van der Waals surface area contributed by atoms with Crippen LogP contribution in [0.5, 0.6) is 0 Å². The molecule has 2 aromatic rings. The van der Waals surface area contributed by atoms with Crippen molar-refractivity contribution in [3.05, 3.63) is 40.3 Å². The van der Waals surface area contributed by atoms with Gasteiger partial charge in [0.15, 0.2) is 0 Å². The van der Waals surface area contributed by atoms with Crippen LogP contribution in [0.25, 0.3) is 17.1 Å². The minimum absolute atomic E-state index is 0.111. The Morgan fingerprint density at radius 2 is 1.83 bits per heavy atom. The fourth-order valence-corrected chi connectivity index (χ4v) is 3.78. The van der Waals surface area contributed by atoms with Crippen LogP contribution in [0.3, 0.4) is 0 Å². The van der Waals surface area contributed by atoms with Crippen molar-refractivity contribution in [1.29, 1.82) is 0 Å². The monoisotopic (exact) mass is 411 g/mol. The first-order valence-electron chi connectivity index (χ1n) is 10.2. The predicted molar refractivity (Wildman–Crippen MR) is 111 cm³/mol. The number of esters is 1. The first-order chi connectivity index (χ1) is 14.1. The molecule has 2 aliphatic rings. The van der Waals surface area contributed by atoms with Crippen molar-refractivity contribution in [3.63, 3.8) is 0 Å². The SMILES string of the molecule is CC(C)(C)OC(=O)/C=C/c1ccc2c(c1)n(C1CC1)c(=O)n2C1CCC(=O)NC1=O. The second kappa shape index (κ2) is 7.27. The van der Waals surface area contributed by atoms with Gasteiger partial charge in [0, 0.05) is 18.5 Å². The molecule has 1 saturated heterocycles. The standard InChI is InChI=1S/C22H25N3O5/c1-22(2,3)30-19(27)11-5-13-4-8-15-17(12-13)24(14-6-7-14)21(29)25(15)16-9-10-18(26)23-20(16)28/h4-5,8,11-12,14,16H,6-7,9-10H2,1-3H3,(H,23,26,28)/b11-5+. The Hall–Kier alpha value is -3.16. The number of benzene rings is 1. The summed E-state index contributed by atoms with van der Waals surface area (Å²) in [5, 5.41) is 2.33. The van der Waals surface area contributed by atoms with E-state index in [9.17, 15) is 19.2 Å². The third-order valence-corrected chi connectivity index (χ3v) is 5.18. The average molecular weight is 411 g/mol. The lowest BCUT2D eigenvalue weighted by atomic mass is 10.1. The van der Waals surface area contributed by atoms with E-state index in [4.69, 9.17) is 4.74 Å². The number of piperidine rings is 1. The second-order valence-electron chi connectivity index (χ2n) is 8.84. The van der Waals surface area contributed by atoms with Crippen LogP contribution in [-0.4, -0.2) is 32.5 Å². The highest BCUT2D eigenvalue weighted by molar-refractivity contribution is 6.00. The summed E-state index contributed by atoms with van der Waals surface area (Å²) in [7, 11) is 0. The Morgan fingerprint density at radius 1 is 1.10 bits per heavy atom. The quantitative estimate of drug-likeness (QED) is 0.473. The molecule has 8 nitrogen and oxygen atoms in total. The molecule has 0 radical (unpaired) electrons. The number of nitrogens with one attached hydrogen (secondary N) is 1. The summed E-state index contributed by atoms with van der Waals surface area (Å²) in [4.78, 5) is 49.1. The maximum absolute atomic E-state index is 13.2. The predicted octanol–water partition coefficient (Wildman–Crippen LogP) is 2.47. The van der Waals surface area contributed by atoms with E-state index in [0.717, 1.165) is 23.9 Å². The summed E-state index contributed by atoms with van der Waals surface area (Å²) >= 11 is 0. The van der Waals surface area contributed by atoms with Gasteiger partial charge in [-0.15, -0.1) is 0 Å². The lowest BCUT2D eigenvalue weighted by Gasteiger charge is -2.21. The Labute approximate surface area is 173 Å². The van der Waals surface area contributed by atoms with Crippen molar-refractivity contribution in [1.82, 2.24) is 14.5 Å². The third kappa shape index (κ3) is 3.94. The van der Waals surface area contributed by atoms with Gasteiger partial charge in [-0.05, 0) is 63.8 Å². The molecule has 1 aromatic carbocycles. The molecule has 158 valence electrons. The molecule has 8 heteroatoms. The van der Waals surface area contributed by atoms with E-state index in [1.165, 1.54) is 10.6 Å². The van der Waals surface area contributed by atoms with Gasteiger partial charge in [-0.25, -0.2) is 9.59 Å². The van der Waals surface area contributed by atoms with E-state index in [1.54, 1.807) is 43.5 Å². The summed E-state index contributed by atoms with van der Waals surface area (Å²) in [5.74, 6) is -1.20. The van der Waals surface area contributed by atoms with Gasteiger partial charge in [0.05, 0.1) is 11.0 Å². The third-order valence-electron chi connectivity index (χ3n) is 5.18. The summed E-state index contributed by atoms with van der Waals surface area (Å²) in [6.07, 6.45) is 5.34.